The summed E-state index contributed by atoms with van der Waals surface area (Å²) in [5, 5.41) is 5.53. The summed E-state index contributed by atoms with van der Waals surface area (Å²) < 4.78 is 10.6. The van der Waals surface area contributed by atoms with E-state index in [1.165, 1.54) is 0 Å². The molecular weight excluding hydrogens is 320 g/mol. The van der Waals surface area contributed by atoms with E-state index in [4.69, 9.17) is 9.47 Å². The number of rotatable bonds is 8. The van der Waals surface area contributed by atoms with Gasteiger partial charge in [-0.05, 0) is 42.8 Å². The number of ether oxygens (including phenoxy) is 2. The Hall–Kier alpha value is -3.02. The molecule has 0 saturated heterocycles. The van der Waals surface area contributed by atoms with E-state index in [1.807, 2.05) is 13.0 Å². The third kappa shape index (κ3) is 5.84. The summed E-state index contributed by atoms with van der Waals surface area (Å²) in [5.41, 5.74) is 1.32. The van der Waals surface area contributed by atoms with Crippen molar-refractivity contribution in [2.75, 3.05) is 24.4 Å². The topological polar surface area (TPSA) is 76.7 Å². The number of carbonyl (C=O) groups excluding carboxylic acids is 2. The molecule has 0 aromatic heterocycles. The molecule has 0 heterocycles. The zero-order valence-electron chi connectivity index (χ0n) is 14.4. The largest absolute Gasteiger partial charge is 0.493 e. The number of benzene rings is 2. The Balaban J connectivity index is 1.85. The monoisotopic (exact) mass is 342 g/mol. The van der Waals surface area contributed by atoms with Gasteiger partial charge >= 0.3 is 0 Å². The number of para-hydroxylation sites is 2. The van der Waals surface area contributed by atoms with Crippen LogP contribution in [0.25, 0.3) is 0 Å². The Bertz CT molecular complexity index is 714. The molecule has 0 spiro atoms. The van der Waals surface area contributed by atoms with Crippen LogP contribution in [0.3, 0.4) is 0 Å². The number of hydrogen-bond donors (Lipinski definition) is 2. The van der Waals surface area contributed by atoms with Crippen LogP contribution in [0.5, 0.6) is 11.5 Å². The molecule has 2 aromatic carbocycles. The number of carbonyl (C=O) groups is 2. The number of methoxy groups -OCH3 is 1. The van der Waals surface area contributed by atoms with Crippen LogP contribution in [-0.2, 0) is 9.59 Å². The van der Waals surface area contributed by atoms with Crippen molar-refractivity contribution in [3.05, 3.63) is 48.5 Å². The number of hydrogen-bond acceptors (Lipinski definition) is 4. The van der Waals surface area contributed by atoms with Crippen molar-refractivity contribution in [3.63, 3.8) is 0 Å². The van der Waals surface area contributed by atoms with Gasteiger partial charge in [-0.2, -0.15) is 0 Å². The van der Waals surface area contributed by atoms with E-state index >= 15 is 0 Å². The lowest BCUT2D eigenvalue weighted by atomic mass is 10.2. The standard InChI is InChI=1S/C19H22N2O4/c1-3-6-18(22)20-14-9-11-15(12-10-14)21-19(23)13-25-17-8-5-4-7-16(17)24-2/h4-5,7-12H,3,6,13H2,1-2H3,(H,20,22)(H,21,23). The summed E-state index contributed by atoms with van der Waals surface area (Å²) >= 11 is 0. The van der Waals surface area contributed by atoms with Crippen LogP contribution >= 0.6 is 0 Å². The molecule has 0 fully saturated rings. The lowest BCUT2D eigenvalue weighted by molar-refractivity contribution is -0.118. The summed E-state index contributed by atoms with van der Waals surface area (Å²) in [6.07, 6.45) is 1.28. The molecule has 0 saturated carbocycles. The first-order valence-electron chi connectivity index (χ1n) is 8.08. The molecule has 132 valence electrons. The second-order valence-electron chi connectivity index (χ2n) is 5.36. The van der Waals surface area contributed by atoms with Crippen molar-refractivity contribution in [1.29, 1.82) is 0 Å². The van der Waals surface area contributed by atoms with E-state index in [0.717, 1.165) is 6.42 Å². The molecule has 2 N–H and O–H groups in total. The highest BCUT2D eigenvalue weighted by atomic mass is 16.5. The SMILES string of the molecule is CCCC(=O)Nc1ccc(NC(=O)COc2ccccc2OC)cc1. The fourth-order valence-electron chi connectivity index (χ4n) is 2.17. The lowest BCUT2D eigenvalue weighted by Gasteiger charge is -2.11. The zero-order chi connectivity index (χ0) is 18.1. The Morgan fingerprint density at radius 2 is 1.44 bits per heavy atom. The van der Waals surface area contributed by atoms with E-state index in [2.05, 4.69) is 10.6 Å². The maximum atomic E-state index is 12.0. The zero-order valence-corrected chi connectivity index (χ0v) is 14.4. The van der Waals surface area contributed by atoms with Crippen molar-refractivity contribution in [2.24, 2.45) is 0 Å². The van der Waals surface area contributed by atoms with Crippen LogP contribution in [0, 0.1) is 0 Å². The van der Waals surface area contributed by atoms with Crippen molar-refractivity contribution < 1.29 is 19.1 Å². The summed E-state index contributed by atoms with van der Waals surface area (Å²) in [4.78, 5) is 23.5. The van der Waals surface area contributed by atoms with Crippen LogP contribution in [-0.4, -0.2) is 25.5 Å². The van der Waals surface area contributed by atoms with Gasteiger partial charge in [0.15, 0.2) is 18.1 Å². The van der Waals surface area contributed by atoms with Crippen LogP contribution in [0.15, 0.2) is 48.5 Å². The second-order valence-corrected chi connectivity index (χ2v) is 5.36. The number of anilines is 2. The lowest BCUT2D eigenvalue weighted by Crippen LogP contribution is -2.20. The Morgan fingerprint density at radius 1 is 0.880 bits per heavy atom. The van der Waals surface area contributed by atoms with Gasteiger partial charge in [0.2, 0.25) is 5.91 Å². The van der Waals surface area contributed by atoms with Gasteiger partial charge in [0.1, 0.15) is 0 Å². The molecule has 25 heavy (non-hydrogen) atoms. The minimum absolute atomic E-state index is 0.0236. The van der Waals surface area contributed by atoms with Gasteiger partial charge < -0.3 is 20.1 Å². The first kappa shape index (κ1) is 18.3. The minimum Gasteiger partial charge on any atom is -0.493 e. The average Bonchev–Trinajstić information content (AvgIpc) is 2.62. The van der Waals surface area contributed by atoms with E-state index in [-0.39, 0.29) is 18.4 Å². The summed E-state index contributed by atoms with van der Waals surface area (Å²) in [7, 11) is 1.54. The highest BCUT2D eigenvalue weighted by Crippen LogP contribution is 2.25. The normalized spacial score (nSPS) is 10.0. The maximum Gasteiger partial charge on any atom is 0.262 e. The van der Waals surface area contributed by atoms with E-state index in [9.17, 15) is 9.59 Å². The summed E-state index contributed by atoms with van der Waals surface area (Å²) in [6, 6.07) is 14.1. The maximum absolute atomic E-state index is 12.0. The molecule has 0 aliphatic heterocycles. The predicted octanol–water partition coefficient (Wildman–Crippen LogP) is 3.45. The van der Waals surface area contributed by atoms with Gasteiger partial charge in [0.05, 0.1) is 7.11 Å². The van der Waals surface area contributed by atoms with Gasteiger partial charge in [-0.1, -0.05) is 19.1 Å². The molecule has 0 aliphatic rings. The van der Waals surface area contributed by atoms with E-state index in [1.54, 1.807) is 49.6 Å². The molecule has 6 heteroatoms. The Kier molecular flexibility index (Phi) is 6.83. The third-order valence-electron chi connectivity index (χ3n) is 3.36. The van der Waals surface area contributed by atoms with Crippen LogP contribution in [0.4, 0.5) is 11.4 Å². The molecule has 0 aliphatic carbocycles. The molecule has 0 radical (unpaired) electrons. The molecule has 0 unspecified atom stereocenters. The smallest absolute Gasteiger partial charge is 0.262 e. The molecule has 6 nitrogen and oxygen atoms in total. The molecule has 2 aromatic rings. The fraction of sp³-hybridized carbons (Fsp3) is 0.263. The van der Waals surface area contributed by atoms with Crippen molar-refractivity contribution >= 4 is 23.2 Å². The quantitative estimate of drug-likeness (QED) is 0.770. The van der Waals surface area contributed by atoms with Crippen LogP contribution in [0.1, 0.15) is 19.8 Å². The highest BCUT2D eigenvalue weighted by Gasteiger charge is 2.07. The van der Waals surface area contributed by atoms with Crippen molar-refractivity contribution in [3.8, 4) is 11.5 Å². The molecule has 0 bridgehead atoms. The average molecular weight is 342 g/mol. The Labute approximate surface area is 147 Å². The summed E-state index contributed by atoms with van der Waals surface area (Å²) in [6.45, 7) is 1.82. The third-order valence-corrected chi connectivity index (χ3v) is 3.36. The van der Waals surface area contributed by atoms with Crippen LogP contribution in [0.2, 0.25) is 0 Å². The van der Waals surface area contributed by atoms with Crippen molar-refractivity contribution in [1.82, 2.24) is 0 Å². The van der Waals surface area contributed by atoms with Crippen LogP contribution < -0.4 is 20.1 Å². The van der Waals surface area contributed by atoms with Gasteiger partial charge in [-0.15, -0.1) is 0 Å². The number of amides is 2. The molecule has 2 rings (SSSR count). The first-order chi connectivity index (χ1) is 12.1. The second kappa shape index (κ2) is 9.32. The number of nitrogens with one attached hydrogen (secondary N) is 2. The van der Waals surface area contributed by atoms with E-state index < -0.39 is 0 Å². The fourth-order valence-corrected chi connectivity index (χ4v) is 2.17. The first-order valence-corrected chi connectivity index (χ1v) is 8.08. The summed E-state index contributed by atoms with van der Waals surface area (Å²) in [5.74, 6) is 0.773. The van der Waals surface area contributed by atoms with Gasteiger partial charge in [-0.3, -0.25) is 9.59 Å². The van der Waals surface area contributed by atoms with E-state index in [0.29, 0.717) is 29.3 Å². The van der Waals surface area contributed by atoms with Crippen molar-refractivity contribution in [2.45, 2.75) is 19.8 Å². The van der Waals surface area contributed by atoms with Gasteiger partial charge in [-0.25, -0.2) is 0 Å². The Morgan fingerprint density at radius 3 is 2.00 bits per heavy atom. The molecule has 2 amide bonds. The molecular formula is C19H22N2O4. The van der Waals surface area contributed by atoms with Gasteiger partial charge in [0.25, 0.3) is 5.91 Å². The minimum atomic E-state index is -0.284. The predicted molar refractivity (Wildman–Crippen MR) is 97.1 cm³/mol. The highest BCUT2D eigenvalue weighted by molar-refractivity contribution is 5.93. The molecule has 0 atom stereocenters. The van der Waals surface area contributed by atoms with Gasteiger partial charge in [0, 0.05) is 17.8 Å².